The van der Waals surface area contributed by atoms with Gasteiger partial charge in [-0.3, -0.25) is 0 Å². The molecule has 0 aliphatic rings. The molecule has 0 aromatic heterocycles. The summed E-state index contributed by atoms with van der Waals surface area (Å²) < 4.78 is 13.9. The summed E-state index contributed by atoms with van der Waals surface area (Å²) in [7, 11) is 0. The largest absolute Gasteiger partial charge is 0.478 e. The molecule has 0 saturated carbocycles. The fraction of sp³-hybridized carbons (Fsp3) is 0. The van der Waals surface area contributed by atoms with Gasteiger partial charge in [0.2, 0.25) is 0 Å². The molecule has 5 nitrogen and oxygen atoms in total. The highest BCUT2D eigenvalue weighted by Crippen LogP contribution is 2.24. The number of carboxylic acid groups (broad SMARTS) is 1. The van der Waals surface area contributed by atoms with Gasteiger partial charge >= 0.3 is 12.0 Å². The second-order valence-electron chi connectivity index (χ2n) is 4.06. The summed E-state index contributed by atoms with van der Waals surface area (Å²) in [5.41, 5.74) is 0.323. The van der Waals surface area contributed by atoms with Gasteiger partial charge in [-0.1, -0.05) is 12.1 Å². The second-order valence-corrected chi connectivity index (χ2v) is 4.91. The van der Waals surface area contributed by atoms with Crippen molar-refractivity contribution in [2.24, 2.45) is 0 Å². The number of benzene rings is 2. The van der Waals surface area contributed by atoms with Crippen LogP contribution in [0.2, 0.25) is 0 Å². The maximum atomic E-state index is 13.4. The highest BCUT2D eigenvalue weighted by atomic mass is 79.9. The van der Waals surface area contributed by atoms with Gasteiger partial charge in [-0.15, -0.1) is 0 Å². The third-order valence-electron chi connectivity index (χ3n) is 2.58. The minimum absolute atomic E-state index is 0.0272. The van der Waals surface area contributed by atoms with Crippen LogP contribution in [0, 0.1) is 5.82 Å². The van der Waals surface area contributed by atoms with Crippen molar-refractivity contribution >= 4 is 39.3 Å². The van der Waals surface area contributed by atoms with Crippen LogP contribution < -0.4 is 10.6 Å². The van der Waals surface area contributed by atoms with Crippen LogP contribution in [0.5, 0.6) is 0 Å². The lowest BCUT2D eigenvalue weighted by Gasteiger charge is -2.10. The fourth-order valence-electron chi connectivity index (χ4n) is 1.59. The molecule has 2 amide bonds. The van der Waals surface area contributed by atoms with Crippen molar-refractivity contribution < 1.29 is 19.1 Å². The maximum absolute atomic E-state index is 13.4. The lowest BCUT2D eigenvalue weighted by atomic mass is 10.2. The van der Waals surface area contributed by atoms with Gasteiger partial charge in [0, 0.05) is 4.47 Å². The number of halogens is 2. The summed E-state index contributed by atoms with van der Waals surface area (Å²) in [4.78, 5) is 22.7. The number of nitrogens with one attached hydrogen (secondary N) is 2. The van der Waals surface area contributed by atoms with Crippen molar-refractivity contribution in [2.75, 3.05) is 10.6 Å². The quantitative estimate of drug-likeness (QED) is 0.782. The Kier molecular flexibility index (Phi) is 4.54. The molecule has 2 aromatic carbocycles. The van der Waals surface area contributed by atoms with Crippen molar-refractivity contribution in [2.45, 2.75) is 0 Å². The van der Waals surface area contributed by atoms with E-state index in [9.17, 15) is 14.0 Å². The molecule has 0 aliphatic heterocycles. The molecule has 0 radical (unpaired) electrons. The molecule has 2 aromatic rings. The van der Waals surface area contributed by atoms with Gasteiger partial charge in [0.25, 0.3) is 0 Å². The smallest absolute Gasteiger partial charge is 0.335 e. The molecular formula is C14H10BrFN2O3. The Morgan fingerprint density at radius 2 is 1.71 bits per heavy atom. The molecule has 0 unspecified atom stereocenters. The molecule has 108 valence electrons. The fourth-order valence-corrected chi connectivity index (χ4v) is 1.94. The summed E-state index contributed by atoms with van der Waals surface area (Å²) in [6.45, 7) is 0. The number of aromatic carboxylic acids is 1. The zero-order valence-electron chi connectivity index (χ0n) is 10.6. The molecule has 21 heavy (non-hydrogen) atoms. The number of urea groups is 1. The van der Waals surface area contributed by atoms with Gasteiger partial charge in [-0.25, -0.2) is 14.0 Å². The predicted molar refractivity (Wildman–Crippen MR) is 80.1 cm³/mol. The number of hydrogen-bond acceptors (Lipinski definition) is 2. The van der Waals surface area contributed by atoms with E-state index in [1.807, 2.05) is 0 Å². The van der Waals surface area contributed by atoms with Crippen LogP contribution in [0.1, 0.15) is 10.4 Å². The second kappa shape index (κ2) is 6.36. The van der Waals surface area contributed by atoms with Gasteiger partial charge in [-0.2, -0.15) is 0 Å². The molecule has 7 heteroatoms. The third-order valence-corrected chi connectivity index (χ3v) is 3.28. The zero-order valence-corrected chi connectivity index (χ0v) is 12.1. The number of carboxylic acids is 1. The van der Waals surface area contributed by atoms with E-state index in [1.165, 1.54) is 36.4 Å². The van der Waals surface area contributed by atoms with Gasteiger partial charge in [0.05, 0.1) is 16.9 Å². The van der Waals surface area contributed by atoms with Crippen LogP contribution in [0.15, 0.2) is 46.9 Å². The minimum Gasteiger partial charge on any atom is -0.478 e. The van der Waals surface area contributed by atoms with Crippen molar-refractivity contribution in [3.05, 3.63) is 58.3 Å². The van der Waals surface area contributed by atoms with Crippen molar-refractivity contribution in [3.8, 4) is 0 Å². The lowest BCUT2D eigenvalue weighted by Crippen LogP contribution is -2.20. The topological polar surface area (TPSA) is 78.4 Å². The number of para-hydroxylation sites is 1. The van der Waals surface area contributed by atoms with Crippen LogP contribution >= 0.6 is 15.9 Å². The lowest BCUT2D eigenvalue weighted by molar-refractivity contribution is 0.0697. The summed E-state index contributed by atoms with van der Waals surface area (Å²) in [5.74, 6) is -1.67. The highest BCUT2D eigenvalue weighted by molar-refractivity contribution is 9.10. The number of carbonyl (C=O) groups excluding carboxylic acids is 1. The Balaban J connectivity index is 2.15. The van der Waals surface area contributed by atoms with Crippen LogP contribution in [0.25, 0.3) is 0 Å². The first-order valence-corrected chi connectivity index (χ1v) is 6.62. The number of rotatable bonds is 3. The van der Waals surface area contributed by atoms with Gasteiger partial charge in [-0.05, 0) is 46.3 Å². The first-order chi connectivity index (χ1) is 9.97. The van der Waals surface area contributed by atoms with E-state index in [-0.39, 0.29) is 16.9 Å². The van der Waals surface area contributed by atoms with E-state index < -0.39 is 17.8 Å². The van der Waals surface area contributed by atoms with E-state index in [2.05, 4.69) is 26.6 Å². The first kappa shape index (κ1) is 15.0. The maximum Gasteiger partial charge on any atom is 0.335 e. The normalized spacial score (nSPS) is 10.0. The number of amides is 2. The number of anilines is 2. The van der Waals surface area contributed by atoms with Crippen LogP contribution in [-0.2, 0) is 0 Å². The summed E-state index contributed by atoms with van der Waals surface area (Å²) in [5, 5.41) is 13.7. The predicted octanol–water partition coefficient (Wildman–Crippen LogP) is 3.93. The standard InChI is InChI=1S/C14H10BrFN2O3/c15-9-6-5-8(13(19)20)7-12(9)18-14(21)17-11-4-2-1-3-10(11)16/h1-7H,(H,19,20)(H2,17,18,21). The molecule has 0 bridgehead atoms. The molecule has 0 fully saturated rings. The average Bonchev–Trinajstić information content (AvgIpc) is 2.43. The van der Waals surface area contributed by atoms with Gasteiger partial charge in [0.1, 0.15) is 5.82 Å². The Hall–Kier alpha value is -2.41. The molecule has 3 N–H and O–H groups in total. The highest BCUT2D eigenvalue weighted by Gasteiger charge is 2.11. The molecule has 0 heterocycles. The third kappa shape index (κ3) is 3.79. The van der Waals surface area contributed by atoms with Crippen molar-refractivity contribution in [1.82, 2.24) is 0 Å². The Morgan fingerprint density at radius 3 is 2.38 bits per heavy atom. The monoisotopic (exact) mass is 352 g/mol. The van der Waals surface area contributed by atoms with E-state index in [1.54, 1.807) is 6.07 Å². The van der Waals surface area contributed by atoms with E-state index in [4.69, 9.17) is 5.11 Å². The van der Waals surface area contributed by atoms with Crippen LogP contribution in [0.4, 0.5) is 20.6 Å². The first-order valence-electron chi connectivity index (χ1n) is 5.83. The summed E-state index contributed by atoms with van der Waals surface area (Å²) in [6, 6.07) is 9.24. The molecular weight excluding hydrogens is 343 g/mol. The Labute approximate surface area is 127 Å². The molecule has 0 atom stereocenters. The van der Waals surface area contributed by atoms with Crippen molar-refractivity contribution in [3.63, 3.8) is 0 Å². The Morgan fingerprint density at radius 1 is 1.05 bits per heavy atom. The molecule has 0 spiro atoms. The zero-order chi connectivity index (χ0) is 15.4. The van der Waals surface area contributed by atoms with Gasteiger partial charge < -0.3 is 15.7 Å². The number of hydrogen-bond donors (Lipinski definition) is 3. The van der Waals surface area contributed by atoms with Crippen LogP contribution in [-0.4, -0.2) is 17.1 Å². The SMILES string of the molecule is O=C(Nc1ccccc1F)Nc1cc(C(=O)O)ccc1Br. The molecule has 2 rings (SSSR count). The van der Waals surface area contributed by atoms with E-state index in [0.717, 1.165) is 0 Å². The van der Waals surface area contributed by atoms with Gasteiger partial charge in [0.15, 0.2) is 0 Å². The van der Waals surface area contributed by atoms with E-state index >= 15 is 0 Å². The summed E-state index contributed by atoms with van der Waals surface area (Å²) in [6.07, 6.45) is 0. The molecule has 0 saturated heterocycles. The number of carbonyl (C=O) groups is 2. The van der Waals surface area contributed by atoms with Crippen LogP contribution in [0.3, 0.4) is 0 Å². The Bertz CT molecular complexity index is 706. The van der Waals surface area contributed by atoms with E-state index in [0.29, 0.717) is 4.47 Å². The average molecular weight is 353 g/mol. The molecule has 0 aliphatic carbocycles. The van der Waals surface area contributed by atoms with Crippen molar-refractivity contribution in [1.29, 1.82) is 0 Å². The summed E-state index contributed by atoms with van der Waals surface area (Å²) >= 11 is 3.20. The minimum atomic E-state index is -1.11.